The van der Waals surface area contributed by atoms with Gasteiger partial charge in [0.05, 0.1) is 31.3 Å². The van der Waals surface area contributed by atoms with Gasteiger partial charge in [0.1, 0.15) is 0 Å². The molecule has 0 bridgehead atoms. The van der Waals surface area contributed by atoms with E-state index in [-0.39, 0.29) is 35.7 Å². The van der Waals surface area contributed by atoms with Crippen molar-refractivity contribution < 1.29 is 24.2 Å². The number of carbonyl (C=O) groups is 1. The van der Waals surface area contributed by atoms with Crippen molar-refractivity contribution >= 4 is 5.97 Å². The van der Waals surface area contributed by atoms with E-state index < -0.39 is 12.2 Å². The van der Waals surface area contributed by atoms with Gasteiger partial charge in [-0.1, -0.05) is 51.7 Å². The molecular formula is C27H42O5. The molecule has 32 heavy (non-hydrogen) atoms. The fraction of sp³-hybridized carbons (Fsp3) is 0.741. The van der Waals surface area contributed by atoms with Crippen LogP contribution in [0.5, 0.6) is 0 Å². The summed E-state index contributed by atoms with van der Waals surface area (Å²) in [7, 11) is 0. The summed E-state index contributed by atoms with van der Waals surface area (Å²) in [4.78, 5) is 12.3. The molecule has 1 aromatic heterocycles. The Morgan fingerprint density at radius 2 is 2.06 bits per heavy atom. The number of hydrogen-bond donors (Lipinski definition) is 2. The van der Waals surface area contributed by atoms with Crippen LogP contribution >= 0.6 is 0 Å². The number of rotatable bonds is 11. The van der Waals surface area contributed by atoms with Crippen molar-refractivity contribution in [1.29, 1.82) is 0 Å². The van der Waals surface area contributed by atoms with Crippen molar-refractivity contribution in [2.75, 3.05) is 6.61 Å². The number of fused-ring (bicyclic) bond motifs is 1. The molecule has 2 fully saturated rings. The number of furan rings is 1. The van der Waals surface area contributed by atoms with E-state index in [4.69, 9.17) is 9.15 Å². The fourth-order valence-electron chi connectivity index (χ4n) is 6.29. The summed E-state index contributed by atoms with van der Waals surface area (Å²) in [5.74, 6) is 0.0256. The van der Waals surface area contributed by atoms with Gasteiger partial charge >= 0.3 is 5.97 Å². The van der Waals surface area contributed by atoms with Crippen LogP contribution in [0.25, 0.3) is 0 Å². The van der Waals surface area contributed by atoms with Gasteiger partial charge in [0.15, 0.2) is 0 Å². The van der Waals surface area contributed by atoms with Crippen LogP contribution in [-0.2, 0) is 16.0 Å². The molecule has 6 atom stereocenters. The first-order valence-corrected chi connectivity index (χ1v) is 12.6. The zero-order valence-corrected chi connectivity index (χ0v) is 19.9. The van der Waals surface area contributed by atoms with E-state index in [9.17, 15) is 15.0 Å². The maximum atomic E-state index is 12.3. The predicted molar refractivity (Wildman–Crippen MR) is 125 cm³/mol. The second-order valence-electron chi connectivity index (χ2n) is 10.3. The smallest absolute Gasteiger partial charge is 0.305 e. The third-order valence-electron chi connectivity index (χ3n) is 8.13. The van der Waals surface area contributed by atoms with Crippen molar-refractivity contribution in [3.8, 4) is 0 Å². The number of allylic oxidation sites excluding steroid dienone is 1. The molecule has 2 aliphatic carbocycles. The highest BCUT2D eigenvalue weighted by Gasteiger charge is 2.55. The van der Waals surface area contributed by atoms with Gasteiger partial charge in [-0.15, -0.1) is 0 Å². The normalized spacial score (nSPS) is 32.5. The molecule has 2 N–H and O–H groups in total. The van der Waals surface area contributed by atoms with Crippen molar-refractivity contribution in [2.45, 2.75) is 96.7 Å². The standard InChI is InChI=1S/C27H42O5/c1-4-5-6-7-8-9-25(29)32-18-21-23-12-10-19(2)22(13-11-20-14-15-31-17-20)27(23,3)16-24(28)26(21)30/h14-15,17,21-24,26,28,30H,2,4-13,16,18H2,1,3H3/t21-,22+,23+,24+,26-,27-/m0/s1. The summed E-state index contributed by atoms with van der Waals surface area (Å²) < 4.78 is 10.9. The average molecular weight is 447 g/mol. The second-order valence-corrected chi connectivity index (χ2v) is 10.3. The van der Waals surface area contributed by atoms with Gasteiger partial charge < -0.3 is 19.4 Å². The molecule has 2 aliphatic rings. The number of ether oxygens (including phenoxy) is 1. The number of esters is 1. The molecule has 0 spiro atoms. The van der Waals surface area contributed by atoms with E-state index in [0.717, 1.165) is 44.9 Å². The third kappa shape index (κ3) is 5.85. The zero-order chi connectivity index (χ0) is 23.1. The Morgan fingerprint density at radius 1 is 1.28 bits per heavy atom. The van der Waals surface area contributed by atoms with Crippen LogP contribution in [0, 0.1) is 23.2 Å². The quantitative estimate of drug-likeness (QED) is 0.269. The van der Waals surface area contributed by atoms with Crippen LogP contribution < -0.4 is 0 Å². The number of hydrogen-bond acceptors (Lipinski definition) is 5. The van der Waals surface area contributed by atoms with Crippen LogP contribution in [0.4, 0.5) is 0 Å². The summed E-state index contributed by atoms with van der Waals surface area (Å²) in [5.41, 5.74) is 2.23. The Bertz CT molecular complexity index is 726. The number of aliphatic hydroxyl groups excluding tert-OH is 2. The lowest BCUT2D eigenvalue weighted by atomic mass is 9.49. The van der Waals surface area contributed by atoms with Crippen LogP contribution in [0.2, 0.25) is 0 Å². The minimum Gasteiger partial charge on any atom is -0.472 e. The van der Waals surface area contributed by atoms with Crippen LogP contribution in [0.15, 0.2) is 35.2 Å². The zero-order valence-electron chi connectivity index (χ0n) is 19.9. The van der Waals surface area contributed by atoms with E-state index in [1.54, 1.807) is 12.5 Å². The highest BCUT2D eigenvalue weighted by atomic mass is 16.5. The Kier molecular flexibility index (Phi) is 9.01. The number of unbranched alkanes of at least 4 members (excludes halogenated alkanes) is 4. The first-order valence-electron chi connectivity index (χ1n) is 12.6. The van der Waals surface area contributed by atoms with Crippen LogP contribution in [-0.4, -0.2) is 35.0 Å². The molecule has 5 nitrogen and oxygen atoms in total. The molecule has 5 heteroatoms. The lowest BCUT2D eigenvalue weighted by Crippen LogP contribution is -2.57. The first kappa shape index (κ1) is 25.0. The lowest BCUT2D eigenvalue weighted by molar-refractivity contribution is -0.170. The average Bonchev–Trinajstić information content (AvgIpc) is 3.27. The minimum absolute atomic E-state index is 0.172. The van der Waals surface area contributed by atoms with Crippen molar-refractivity contribution in [2.24, 2.45) is 23.2 Å². The van der Waals surface area contributed by atoms with Gasteiger partial charge in [0, 0.05) is 12.3 Å². The van der Waals surface area contributed by atoms with E-state index >= 15 is 0 Å². The molecule has 0 radical (unpaired) electrons. The number of aryl methyl sites for hydroxylation is 1. The molecule has 1 aromatic rings. The monoisotopic (exact) mass is 446 g/mol. The Morgan fingerprint density at radius 3 is 2.78 bits per heavy atom. The maximum Gasteiger partial charge on any atom is 0.305 e. The molecule has 0 aromatic carbocycles. The largest absolute Gasteiger partial charge is 0.472 e. The Hall–Kier alpha value is -1.59. The summed E-state index contributed by atoms with van der Waals surface area (Å²) in [6, 6.07) is 2.00. The summed E-state index contributed by atoms with van der Waals surface area (Å²) in [6.45, 7) is 8.98. The highest BCUT2D eigenvalue weighted by molar-refractivity contribution is 5.69. The molecule has 3 rings (SSSR count). The molecule has 0 unspecified atom stereocenters. The first-order chi connectivity index (χ1) is 15.4. The number of carbonyl (C=O) groups excluding carboxylic acids is 1. The molecule has 1 heterocycles. The molecule has 2 saturated carbocycles. The fourth-order valence-corrected chi connectivity index (χ4v) is 6.29. The molecule has 0 aliphatic heterocycles. The van der Waals surface area contributed by atoms with E-state index in [0.29, 0.717) is 12.8 Å². The molecule has 0 amide bonds. The molecule has 180 valence electrons. The van der Waals surface area contributed by atoms with Gasteiger partial charge in [-0.05, 0) is 67.4 Å². The Labute approximate surface area is 193 Å². The molecular weight excluding hydrogens is 404 g/mol. The van der Waals surface area contributed by atoms with E-state index in [2.05, 4.69) is 20.4 Å². The summed E-state index contributed by atoms with van der Waals surface area (Å²) in [6.07, 6.45) is 11.9. The van der Waals surface area contributed by atoms with E-state index in [1.165, 1.54) is 24.0 Å². The minimum atomic E-state index is -0.855. The third-order valence-corrected chi connectivity index (χ3v) is 8.13. The lowest BCUT2D eigenvalue weighted by Gasteiger charge is -2.57. The van der Waals surface area contributed by atoms with Gasteiger partial charge in [0.2, 0.25) is 0 Å². The SMILES string of the molecule is C=C1CC[C@@H]2[C@H](COC(=O)CCCCCCC)[C@H](O)[C@H](O)C[C@@]2(C)[C@@H]1CCc1ccoc1. The second kappa shape index (κ2) is 11.5. The Balaban J connectivity index is 1.62. The van der Waals surface area contributed by atoms with E-state index in [1.807, 2.05) is 6.07 Å². The highest BCUT2D eigenvalue weighted by Crippen LogP contribution is 2.58. The summed E-state index contributed by atoms with van der Waals surface area (Å²) >= 11 is 0. The van der Waals surface area contributed by atoms with Crippen molar-refractivity contribution in [3.05, 3.63) is 36.3 Å². The predicted octanol–water partition coefficient (Wildman–Crippen LogP) is 5.45. The van der Waals surface area contributed by atoms with Crippen molar-refractivity contribution in [3.63, 3.8) is 0 Å². The van der Waals surface area contributed by atoms with Crippen LogP contribution in [0.3, 0.4) is 0 Å². The maximum absolute atomic E-state index is 12.3. The van der Waals surface area contributed by atoms with Gasteiger partial charge in [-0.25, -0.2) is 0 Å². The topological polar surface area (TPSA) is 79.9 Å². The molecule has 0 saturated heterocycles. The van der Waals surface area contributed by atoms with Gasteiger partial charge in [-0.2, -0.15) is 0 Å². The van der Waals surface area contributed by atoms with Crippen LogP contribution in [0.1, 0.15) is 83.6 Å². The van der Waals surface area contributed by atoms with Gasteiger partial charge in [-0.3, -0.25) is 4.79 Å². The summed E-state index contributed by atoms with van der Waals surface area (Å²) in [5, 5.41) is 21.6. The van der Waals surface area contributed by atoms with Gasteiger partial charge in [0.25, 0.3) is 0 Å². The number of aliphatic hydroxyl groups is 2. The van der Waals surface area contributed by atoms with Crippen molar-refractivity contribution in [1.82, 2.24) is 0 Å².